The van der Waals surface area contributed by atoms with Crippen LogP contribution in [0.15, 0.2) is 18.5 Å². The van der Waals surface area contributed by atoms with E-state index in [4.69, 9.17) is 0 Å². The molecule has 21 heavy (non-hydrogen) atoms. The van der Waals surface area contributed by atoms with Crippen molar-refractivity contribution in [2.75, 3.05) is 19.6 Å². The summed E-state index contributed by atoms with van der Waals surface area (Å²) < 4.78 is 1.64. The van der Waals surface area contributed by atoms with Crippen LogP contribution in [0.3, 0.4) is 0 Å². The number of hydrogen-bond acceptors (Lipinski definition) is 4. The number of aromatic nitrogens is 3. The lowest BCUT2D eigenvalue weighted by molar-refractivity contribution is 0.0939. The van der Waals surface area contributed by atoms with Gasteiger partial charge in [-0.15, -0.1) is 0 Å². The molecule has 2 heterocycles. The fourth-order valence-electron chi connectivity index (χ4n) is 2.57. The number of hydrogen-bond donors (Lipinski definition) is 1. The molecule has 0 saturated heterocycles. The maximum absolute atomic E-state index is 12.4. The van der Waals surface area contributed by atoms with E-state index >= 15 is 0 Å². The summed E-state index contributed by atoms with van der Waals surface area (Å²) in [6, 6.07) is 2.10. The highest BCUT2D eigenvalue weighted by Crippen LogP contribution is 2.12. The van der Waals surface area contributed by atoms with E-state index in [0.717, 1.165) is 13.1 Å². The first kappa shape index (κ1) is 15.4. The van der Waals surface area contributed by atoms with E-state index in [-0.39, 0.29) is 5.91 Å². The summed E-state index contributed by atoms with van der Waals surface area (Å²) in [4.78, 5) is 19.0. The molecule has 0 bridgehead atoms. The van der Waals surface area contributed by atoms with Gasteiger partial charge in [-0.1, -0.05) is 13.8 Å². The molecule has 0 aromatic carbocycles. The topological polar surface area (TPSA) is 62.5 Å². The summed E-state index contributed by atoms with van der Waals surface area (Å²) in [5.41, 5.74) is 1.85. The van der Waals surface area contributed by atoms with Crippen molar-refractivity contribution in [2.24, 2.45) is 0 Å². The van der Waals surface area contributed by atoms with Crippen LogP contribution in [-0.2, 0) is 0 Å². The third kappa shape index (κ3) is 3.21. The quantitative estimate of drug-likeness (QED) is 0.875. The van der Waals surface area contributed by atoms with Crippen molar-refractivity contribution in [2.45, 2.75) is 33.7 Å². The van der Waals surface area contributed by atoms with E-state index < -0.39 is 0 Å². The Balaban J connectivity index is 2.11. The predicted molar refractivity (Wildman–Crippen MR) is 82.4 cm³/mol. The zero-order valence-corrected chi connectivity index (χ0v) is 13.1. The van der Waals surface area contributed by atoms with Gasteiger partial charge in [0.05, 0.1) is 5.69 Å². The van der Waals surface area contributed by atoms with Gasteiger partial charge in [0.25, 0.3) is 5.91 Å². The summed E-state index contributed by atoms with van der Waals surface area (Å²) >= 11 is 0. The molecule has 0 fully saturated rings. The van der Waals surface area contributed by atoms with Crippen molar-refractivity contribution in [3.8, 4) is 0 Å². The second-order valence-electron chi connectivity index (χ2n) is 5.13. The highest BCUT2D eigenvalue weighted by atomic mass is 16.1. The van der Waals surface area contributed by atoms with Crippen LogP contribution in [0.4, 0.5) is 0 Å². The average molecular weight is 289 g/mol. The normalized spacial score (nSPS) is 12.8. The number of nitrogens with zero attached hydrogens (tertiary/aromatic N) is 4. The van der Waals surface area contributed by atoms with Gasteiger partial charge in [-0.2, -0.15) is 5.10 Å². The average Bonchev–Trinajstić information content (AvgIpc) is 2.82. The van der Waals surface area contributed by atoms with Crippen LogP contribution in [0.25, 0.3) is 5.65 Å². The number of aryl methyl sites for hydroxylation is 1. The monoisotopic (exact) mass is 289 g/mol. The van der Waals surface area contributed by atoms with Crippen LogP contribution in [0.1, 0.15) is 36.8 Å². The van der Waals surface area contributed by atoms with Crippen molar-refractivity contribution in [1.82, 2.24) is 24.8 Å². The number of fused-ring (bicyclic) bond motifs is 1. The third-order valence-corrected chi connectivity index (χ3v) is 3.79. The van der Waals surface area contributed by atoms with Crippen LogP contribution in [0.5, 0.6) is 0 Å². The van der Waals surface area contributed by atoms with Crippen molar-refractivity contribution in [3.63, 3.8) is 0 Å². The molecule has 0 radical (unpaired) electrons. The number of amides is 1. The summed E-state index contributed by atoms with van der Waals surface area (Å²) in [5.74, 6) is -0.111. The van der Waals surface area contributed by atoms with Crippen LogP contribution in [0, 0.1) is 6.92 Å². The molecule has 0 aliphatic carbocycles. The van der Waals surface area contributed by atoms with Gasteiger partial charge in [0.2, 0.25) is 0 Å². The molecule has 0 spiro atoms. The maximum atomic E-state index is 12.4. The second kappa shape index (κ2) is 6.67. The Hall–Kier alpha value is -1.95. The summed E-state index contributed by atoms with van der Waals surface area (Å²) in [5, 5.41) is 7.30. The van der Waals surface area contributed by atoms with Gasteiger partial charge < -0.3 is 5.32 Å². The first-order valence-electron chi connectivity index (χ1n) is 7.40. The molecule has 6 nitrogen and oxygen atoms in total. The summed E-state index contributed by atoms with van der Waals surface area (Å²) in [7, 11) is 0. The van der Waals surface area contributed by atoms with Gasteiger partial charge in [0, 0.05) is 25.0 Å². The largest absolute Gasteiger partial charge is 0.350 e. The Morgan fingerprint density at radius 3 is 2.81 bits per heavy atom. The molecule has 0 saturated carbocycles. The van der Waals surface area contributed by atoms with Crippen LogP contribution in [-0.4, -0.2) is 51.1 Å². The van der Waals surface area contributed by atoms with E-state index in [1.807, 2.05) is 6.92 Å². The van der Waals surface area contributed by atoms with Crippen molar-refractivity contribution in [1.29, 1.82) is 0 Å². The van der Waals surface area contributed by atoms with Gasteiger partial charge >= 0.3 is 0 Å². The Kier molecular flexibility index (Phi) is 4.90. The fourth-order valence-corrected chi connectivity index (χ4v) is 2.57. The lowest BCUT2D eigenvalue weighted by atomic mass is 10.2. The van der Waals surface area contributed by atoms with Gasteiger partial charge in [-0.3, -0.25) is 9.69 Å². The van der Waals surface area contributed by atoms with Crippen LogP contribution in [0.2, 0.25) is 0 Å². The van der Waals surface area contributed by atoms with Crippen LogP contribution < -0.4 is 5.32 Å². The zero-order chi connectivity index (χ0) is 15.4. The lowest BCUT2D eigenvalue weighted by Gasteiger charge is -2.26. The Morgan fingerprint density at radius 2 is 2.14 bits per heavy atom. The smallest absolute Gasteiger partial charge is 0.257 e. The highest BCUT2D eigenvalue weighted by molar-refractivity contribution is 6.00. The first-order chi connectivity index (χ1) is 10.1. The third-order valence-electron chi connectivity index (χ3n) is 3.79. The zero-order valence-electron chi connectivity index (χ0n) is 13.1. The van der Waals surface area contributed by atoms with Crippen molar-refractivity contribution >= 4 is 11.6 Å². The van der Waals surface area contributed by atoms with E-state index in [2.05, 4.69) is 41.1 Å². The lowest BCUT2D eigenvalue weighted by Crippen LogP contribution is -2.42. The van der Waals surface area contributed by atoms with Gasteiger partial charge in [-0.25, -0.2) is 9.50 Å². The Bertz CT molecular complexity index is 618. The summed E-state index contributed by atoms with van der Waals surface area (Å²) in [6.07, 6.45) is 3.47. The standard InChI is InChI=1S/C15H23N5O/c1-5-19(6-2)11(3)10-17-15(21)13-12(4)18-20-9-7-8-16-14(13)20/h7-9,11H,5-6,10H2,1-4H3,(H,17,21). The SMILES string of the molecule is CCN(CC)C(C)CNC(=O)c1c(C)nn2cccnc12. The molecular weight excluding hydrogens is 266 g/mol. The maximum Gasteiger partial charge on any atom is 0.257 e. The summed E-state index contributed by atoms with van der Waals surface area (Å²) in [6.45, 7) is 10.8. The molecule has 1 atom stereocenters. The first-order valence-corrected chi connectivity index (χ1v) is 7.40. The van der Waals surface area contributed by atoms with E-state index in [1.165, 1.54) is 0 Å². The molecular formula is C15H23N5O. The van der Waals surface area contributed by atoms with Crippen molar-refractivity contribution in [3.05, 3.63) is 29.7 Å². The molecule has 2 rings (SSSR count). The minimum absolute atomic E-state index is 0.111. The second-order valence-corrected chi connectivity index (χ2v) is 5.13. The fraction of sp³-hybridized carbons (Fsp3) is 0.533. The van der Waals surface area contributed by atoms with Crippen molar-refractivity contribution < 1.29 is 4.79 Å². The minimum atomic E-state index is -0.111. The molecule has 114 valence electrons. The molecule has 0 aliphatic rings. The van der Waals surface area contributed by atoms with E-state index in [1.54, 1.807) is 23.0 Å². The molecule has 1 amide bonds. The minimum Gasteiger partial charge on any atom is -0.350 e. The highest BCUT2D eigenvalue weighted by Gasteiger charge is 2.19. The van der Waals surface area contributed by atoms with E-state index in [0.29, 0.717) is 29.5 Å². The molecule has 1 unspecified atom stereocenters. The number of rotatable bonds is 6. The van der Waals surface area contributed by atoms with Gasteiger partial charge in [-0.05, 0) is 33.0 Å². The van der Waals surface area contributed by atoms with E-state index in [9.17, 15) is 4.79 Å². The molecule has 1 N–H and O–H groups in total. The Morgan fingerprint density at radius 1 is 1.43 bits per heavy atom. The van der Waals surface area contributed by atoms with Gasteiger partial charge in [0.1, 0.15) is 5.56 Å². The number of likely N-dealkylation sites (N-methyl/N-ethyl adjacent to an activating group) is 1. The van der Waals surface area contributed by atoms with Gasteiger partial charge in [0.15, 0.2) is 5.65 Å². The van der Waals surface area contributed by atoms with Crippen LogP contribution >= 0.6 is 0 Å². The number of carbonyl (C=O) groups is 1. The Labute approximate surface area is 125 Å². The number of carbonyl (C=O) groups excluding carboxylic acids is 1. The molecule has 0 aliphatic heterocycles. The molecule has 2 aromatic rings. The molecule has 6 heteroatoms. The number of nitrogens with one attached hydrogen (secondary N) is 1. The molecule has 2 aromatic heterocycles. The predicted octanol–water partition coefficient (Wildman–Crippen LogP) is 1.50.